The molecule has 3 atom stereocenters. The van der Waals surface area contributed by atoms with Crippen molar-refractivity contribution in [1.29, 1.82) is 0 Å². The molecule has 10 heteroatoms. The predicted octanol–water partition coefficient (Wildman–Crippen LogP) is 4.82. The number of aliphatic hydroxyl groups excluding tert-OH is 1. The Morgan fingerprint density at radius 2 is 1.88 bits per heavy atom. The fourth-order valence-corrected chi connectivity index (χ4v) is 4.23. The number of carbonyl (C=O) groups is 1. The Morgan fingerprint density at radius 3 is 2.42 bits per heavy atom. The molecule has 1 N–H and O–H groups in total. The van der Waals surface area contributed by atoms with Crippen LogP contribution in [0.4, 0.5) is 18.0 Å². The number of hydrogen-bond acceptors (Lipinski definition) is 5. The number of rotatable bonds is 5. The molecule has 2 heterocycles. The van der Waals surface area contributed by atoms with E-state index in [-0.39, 0.29) is 30.4 Å². The normalized spacial score (nSPS) is 20.5. The first-order chi connectivity index (χ1) is 15.4. The maximum atomic E-state index is 14.0. The van der Waals surface area contributed by atoms with Crippen LogP contribution in [0.1, 0.15) is 37.9 Å². The number of aliphatic hydroxyl groups is 1. The lowest BCUT2D eigenvalue weighted by molar-refractivity contribution is -0.184. The van der Waals surface area contributed by atoms with E-state index in [1.165, 1.54) is 17.0 Å². The summed E-state index contributed by atoms with van der Waals surface area (Å²) in [5.74, 6) is 0. The molecule has 6 nitrogen and oxygen atoms in total. The minimum atomic E-state index is -4.62. The van der Waals surface area contributed by atoms with E-state index in [2.05, 4.69) is 4.98 Å². The third kappa shape index (κ3) is 6.16. The molecule has 1 fully saturated rings. The highest BCUT2D eigenvalue weighted by atomic mass is 35.5. The number of alkyl halides is 3. The summed E-state index contributed by atoms with van der Waals surface area (Å²) >= 11 is 5.73. The highest BCUT2D eigenvalue weighted by molar-refractivity contribution is 6.29. The Hall–Kier alpha value is -2.36. The highest BCUT2D eigenvalue weighted by Gasteiger charge is 2.51. The number of pyridine rings is 1. The molecule has 1 aliphatic rings. The molecular formula is C23H27ClF3N3O3. The Balaban J connectivity index is 1.82. The molecule has 0 spiro atoms. The third-order valence-corrected chi connectivity index (χ3v) is 5.71. The van der Waals surface area contributed by atoms with Crippen LogP contribution in [0, 0.1) is 0 Å². The van der Waals surface area contributed by atoms with E-state index in [4.69, 9.17) is 16.3 Å². The number of β-amino-alcohol motifs (C(OH)–C–C–N with tert-alkyl or cyclic N) is 1. The van der Waals surface area contributed by atoms with Crippen molar-refractivity contribution < 1.29 is 27.8 Å². The number of hydrogen-bond donors (Lipinski definition) is 1. The van der Waals surface area contributed by atoms with Crippen molar-refractivity contribution in [3.63, 3.8) is 0 Å². The lowest BCUT2D eigenvalue weighted by Gasteiger charge is -2.40. The van der Waals surface area contributed by atoms with Crippen molar-refractivity contribution in [2.45, 2.75) is 57.3 Å². The van der Waals surface area contributed by atoms with E-state index >= 15 is 0 Å². The molecule has 180 valence electrons. The summed E-state index contributed by atoms with van der Waals surface area (Å²) in [7, 11) is 0. The molecule has 0 bridgehead atoms. The number of carbonyl (C=O) groups excluding carboxylic acids is 1. The second-order valence-electron chi connectivity index (χ2n) is 9.03. The molecule has 3 rings (SSSR count). The largest absolute Gasteiger partial charge is 0.445 e. The summed E-state index contributed by atoms with van der Waals surface area (Å²) in [6.07, 6.45) is -5.44. The second-order valence-corrected chi connectivity index (χ2v) is 9.42. The van der Waals surface area contributed by atoms with E-state index in [1.54, 1.807) is 32.9 Å². The Bertz CT molecular complexity index is 936. The predicted molar refractivity (Wildman–Crippen MR) is 118 cm³/mol. The van der Waals surface area contributed by atoms with Crippen LogP contribution in [-0.4, -0.2) is 62.9 Å². The van der Waals surface area contributed by atoms with Crippen molar-refractivity contribution in [3.05, 3.63) is 64.9 Å². The molecule has 0 unspecified atom stereocenters. The van der Waals surface area contributed by atoms with E-state index in [1.807, 2.05) is 18.2 Å². The van der Waals surface area contributed by atoms with E-state index in [0.717, 1.165) is 16.7 Å². The van der Waals surface area contributed by atoms with Gasteiger partial charge in [-0.1, -0.05) is 48.0 Å². The number of nitrogens with zero attached hydrogens (tertiary/aromatic N) is 3. The van der Waals surface area contributed by atoms with Crippen LogP contribution >= 0.6 is 11.6 Å². The second kappa shape index (κ2) is 9.87. The fourth-order valence-electron chi connectivity index (χ4n) is 4.11. The molecule has 1 amide bonds. The van der Waals surface area contributed by atoms with Crippen molar-refractivity contribution >= 4 is 17.7 Å². The first-order valence-corrected chi connectivity index (χ1v) is 10.9. The van der Waals surface area contributed by atoms with Gasteiger partial charge in [0.05, 0.1) is 12.1 Å². The van der Waals surface area contributed by atoms with Gasteiger partial charge in [-0.05, 0) is 38.0 Å². The number of benzene rings is 1. The average Bonchev–Trinajstić information content (AvgIpc) is 3.07. The topological polar surface area (TPSA) is 65.9 Å². The minimum Gasteiger partial charge on any atom is -0.445 e. The molecule has 1 aromatic carbocycles. The maximum absolute atomic E-state index is 14.0. The van der Waals surface area contributed by atoms with E-state index in [9.17, 15) is 23.1 Å². The van der Waals surface area contributed by atoms with Crippen LogP contribution in [-0.2, 0) is 11.3 Å². The molecule has 1 aromatic heterocycles. The van der Waals surface area contributed by atoms with Crippen molar-refractivity contribution in [2.24, 2.45) is 0 Å². The van der Waals surface area contributed by atoms with Crippen LogP contribution in [0.25, 0.3) is 0 Å². The molecule has 33 heavy (non-hydrogen) atoms. The summed E-state index contributed by atoms with van der Waals surface area (Å²) < 4.78 is 47.5. The number of aromatic nitrogens is 1. The van der Waals surface area contributed by atoms with Crippen LogP contribution in [0.3, 0.4) is 0 Å². The lowest BCUT2D eigenvalue weighted by atomic mass is 10.0. The summed E-state index contributed by atoms with van der Waals surface area (Å²) in [5.41, 5.74) is -0.111. The van der Waals surface area contributed by atoms with Gasteiger partial charge in [-0.3, -0.25) is 9.80 Å². The zero-order chi connectivity index (χ0) is 24.4. The number of ether oxygens (including phenoxy) is 1. The monoisotopic (exact) mass is 485 g/mol. The van der Waals surface area contributed by atoms with Gasteiger partial charge in [-0.2, -0.15) is 13.2 Å². The lowest BCUT2D eigenvalue weighted by Crippen LogP contribution is -2.56. The van der Waals surface area contributed by atoms with Crippen molar-refractivity contribution in [2.75, 3.05) is 13.1 Å². The Labute approximate surface area is 195 Å². The maximum Gasteiger partial charge on any atom is 0.410 e. The van der Waals surface area contributed by atoms with Crippen LogP contribution in [0.15, 0.2) is 48.7 Å². The molecule has 1 saturated heterocycles. The van der Waals surface area contributed by atoms with Crippen LogP contribution in [0.5, 0.6) is 0 Å². The van der Waals surface area contributed by atoms with Gasteiger partial charge in [-0.25, -0.2) is 9.78 Å². The quantitative estimate of drug-likeness (QED) is 0.615. The molecule has 0 aliphatic carbocycles. The summed E-state index contributed by atoms with van der Waals surface area (Å²) in [6.45, 7) is 4.80. The van der Waals surface area contributed by atoms with Gasteiger partial charge < -0.3 is 9.84 Å². The van der Waals surface area contributed by atoms with Gasteiger partial charge in [0.25, 0.3) is 0 Å². The van der Waals surface area contributed by atoms with Gasteiger partial charge in [0.1, 0.15) is 17.8 Å². The number of halogens is 4. The SMILES string of the molecule is CC(C)(C)N(C(=O)OCc1ccccc1)[C@@H]1CN([C@H](c2ccc(Cl)nc2)C(F)(F)F)C[C@H]1O. The van der Waals surface area contributed by atoms with Crippen molar-refractivity contribution in [3.8, 4) is 0 Å². The highest BCUT2D eigenvalue weighted by Crippen LogP contribution is 2.40. The number of amides is 1. The van der Waals surface area contributed by atoms with Crippen molar-refractivity contribution in [1.82, 2.24) is 14.8 Å². The van der Waals surface area contributed by atoms with Gasteiger partial charge in [0, 0.05) is 24.8 Å². The zero-order valence-electron chi connectivity index (χ0n) is 18.6. The van der Waals surface area contributed by atoms with Crippen LogP contribution in [0.2, 0.25) is 5.15 Å². The number of likely N-dealkylation sites (tertiary alicyclic amines) is 1. The van der Waals surface area contributed by atoms with Crippen LogP contribution < -0.4 is 0 Å². The van der Waals surface area contributed by atoms with Gasteiger partial charge in [0.15, 0.2) is 0 Å². The first-order valence-electron chi connectivity index (χ1n) is 10.5. The molecule has 0 radical (unpaired) electrons. The van der Waals surface area contributed by atoms with Gasteiger partial charge in [-0.15, -0.1) is 0 Å². The first kappa shape index (κ1) is 25.3. The van der Waals surface area contributed by atoms with E-state index in [0.29, 0.717) is 0 Å². The standard InChI is InChI=1S/C23H27ClF3N3O3/c1-22(2,3)30(21(32)33-14-15-7-5-4-6-8-15)17-12-29(13-18(17)31)20(23(25,26)27)16-9-10-19(24)28-11-16/h4-11,17-18,20,31H,12-14H2,1-3H3/t17-,18-,20-/m1/s1. The average molecular weight is 486 g/mol. The van der Waals surface area contributed by atoms with E-state index < -0.39 is 36.0 Å². The summed E-state index contributed by atoms with van der Waals surface area (Å²) in [4.78, 5) is 19.2. The zero-order valence-corrected chi connectivity index (χ0v) is 19.3. The fraction of sp³-hybridized carbons (Fsp3) is 0.478. The van der Waals surface area contributed by atoms with Gasteiger partial charge >= 0.3 is 12.3 Å². The molecule has 0 saturated carbocycles. The third-order valence-electron chi connectivity index (χ3n) is 5.48. The summed E-state index contributed by atoms with van der Waals surface area (Å²) in [5, 5.41) is 10.8. The Kier molecular flexibility index (Phi) is 7.55. The summed E-state index contributed by atoms with van der Waals surface area (Å²) in [6, 6.07) is 8.74. The Morgan fingerprint density at radius 1 is 1.21 bits per heavy atom. The molecule has 2 aromatic rings. The molecular weight excluding hydrogens is 459 g/mol. The smallest absolute Gasteiger partial charge is 0.410 e. The van der Waals surface area contributed by atoms with Gasteiger partial charge in [0.2, 0.25) is 0 Å². The molecule has 1 aliphatic heterocycles. The minimum absolute atomic E-state index is 0.0143.